The average Bonchev–Trinajstić information content (AvgIpc) is 2.28. The minimum absolute atomic E-state index is 0.0917. The van der Waals surface area contributed by atoms with E-state index in [1.54, 1.807) is 0 Å². The fourth-order valence-electron chi connectivity index (χ4n) is 1.43. The van der Waals surface area contributed by atoms with E-state index in [0.717, 1.165) is 11.3 Å². The topological polar surface area (TPSA) is 25.8 Å². The minimum atomic E-state index is -0.0917. The fourth-order valence-corrected chi connectivity index (χ4v) is 1.87. The molecule has 0 saturated carbocycles. The van der Waals surface area contributed by atoms with E-state index in [1.165, 1.54) is 0 Å². The van der Waals surface area contributed by atoms with Crippen LogP contribution in [0.2, 0.25) is 10.4 Å². The highest BCUT2D eigenvalue weighted by atomic mass is 35.5. The van der Waals surface area contributed by atoms with E-state index in [0.29, 0.717) is 5.15 Å². The van der Waals surface area contributed by atoms with Crippen LogP contribution in [-0.4, -0.2) is 9.97 Å². The van der Waals surface area contributed by atoms with Crippen LogP contribution in [-0.2, 0) is 5.41 Å². The summed E-state index contributed by atoms with van der Waals surface area (Å²) >= 11 is 11.6. The number of nitrogens with zero attached hydrogens (tertiary/aromatic N) is 2. The zero-order valence-corrected chi connectivity index (χ0v) is 8.82. The SMILES string of the molecule is CC1(C)C=Cc2c(Cl)nc(Cl)nc21. The van der Waals surface area contributed by atoms with Gasteiger partial charge in [-0.2, -0.15) is 0 Å². The molecule has 68 valence electrons. The Morgan fingerprint density at radius 2 is 1.92 bits per heavy atom. The zero-order chi connectivity index (χ0) is 9.64. The van der Waals surface area contributed by atoms with Crippen LogP contribution in [0.5, 0.6) is 0 Å². The van der Waals surface area contributed by atoms with Crippen molar-refractivity contribution in [2.75, 3.05) is 0 Å². The summed E-state index contributed by atoms with van der Waals surface area (Å²) in [4.78, 5) is 8.05. The summed E-state index contributed by atoms with van der Waals surface area (Å²) in [6.07, 6.45) is 3.99. The van der Waals surface area contributed by atoms with Gasteiger partial charge in [0.2, 0.25) is 5.28 Å². The standard InChI is InChI=1S/C9H8Cl2N2/c1-9(2)4-3-5-6(9)12-8(11)13-7(5)10/h3-4H,1-2H3. The lowest BCUT2D eigenvalue weighted by atomic mass is 9.92. The van der Waals surface area contributed by atoms with Gasteiger partial charge in [-0.3, -0.25) is 0 Å². The lowest BCUT2D eigenvalue weighted by Crippen LogP contribution is -2.13. The first kappa shape index (κ1) is 8.97. The molecule has 0 saturated heterocycles. The van der Waals surface area contributed by atoms with Gasteiger partial charge in [0.05, 0.1) is 5.69 Å². The van der Waals surface area contributed by atoms with Crippen LogP contribution in [0.15, 0.2) is 6.08 Å². The van der Waals surface area contributed by atoms with Crippen molar-refractivity contribution >= 4 is 29.3 Å². The van der Waals surface area contributed by atoms with Crippen LogP contribution < -0.4 is 0 Å². The maximum absolute atomic E-state index is 5.92. The summed E-state index contributed by atoms with van der Waals surface area (Å²) < 4.78 is 0. The second kappa shape index (κ2) is 2.69. The Morgan fingerprint density at radius 1 is 1.23 bits per heavy atom. The minimum Gasteiger partial charge on any atom is -0.221 e. The van der Waals surface area contributed by atoms with Gasteiger partial charge in [-0.15, -0.1) is 0 Å². The van der Waals surface area contributed by atoms with Crippen LogP contribution in [0, 0.1) is 0 Å². The number of aromatic nitrogens is 2. The molecule has 0 aromatic carbocycles. The van der Waals surface area contributed by atoms with Gasteiger partial charge in [0, 0.05) is 11.0 Å². The summed E-state index contributed by atoms with van der Waals surface area (Å²) in [5.41, 5.74) is 1.69. The number of fused-ring (bicyclic) bond motifs is 1. The van der Waals surface area contributed by atoms with E-state index in [1.807, 2.05) is 6.08 Å². The van der Waals surface area contributed by atoms with E-state index in [4.69, 9.17) is 23.2 Å². The van der Waals surface area contributed by atoms with Crippen molar-refractivity contribution < 1.29 is 0 Å². The number of hydrogen-bond donors (Lipinski definition) is 0. The van der Waals surface area contributed by atoms with Gasteiger partial charge in [0.1, 0.15) is 5.15 Å². The Hall–Kier alpha value is -0.600. The Kier molecular flexibility index (Phi) is 1.86. The van der Waals surface area contributed by atoms with E-state index >= 15 is 0 Å². The van der Waals surface area contributed by atoms with E-state index in [2.05, 4.69) is 29.9 Å². The Balaban J connectivity index is 2.71. The maximum atomic E-state index is 5.92. The number of allylic oxidation sites excluding steroid dienone is 1. The molecule has 1 heterocycles. The van der Waals surface area contributed by atoms with Crippen molar-refractivity contribution in [1.29, 1.82) is 0 Å². The lowest BCUT2D eigenvalue weighted by Gasteiger charge is -2.16. The van der Waals surface area contributed by atoms with Crippen molar-refractivity contribution in [1.82, 2.24) is 9.97 Å². The molecule has 0 amide bonds. The zero-order valence-electron chi connectivity index (χ0n) is 7.31. The third-order valence-corrected chi connectivity index (χ3v) is 2.61. The molecule has 13 heavy (non-hydrogen) atoms. The molecule has 0 N–H and O–H groups in total. The molecule has 0 spiro atoms. The maximum Gasteiger partial charge on any atom is 0.224 e. The summed E-state index contributed by atoms with van der Waals surface area (Å²) in [5.74, 6) is 0. The molecule has 0 atom stereocenters. The fraction of sp³-hybridized carbons (Fsp3) is 0.333. The summed E-state index contributed by atoms with van der Waals surface area (Å²) in [7, 11) is 0. The first-order chi connectivity index (χ1) is 6.00. The molecule has 1 aromatic rings. The van der Waals surface area contributed by atoms with Crippen LogP contribution >= 0.6 is 23.2 Å². The quantitative estimate of drug-likeness (QED) is 0.490. The van der Waals surface area contributed by atoms with Gasteiger partial charge in [-0.25, -0.2) is 9.97 Å². The molecule has 0 bridgehead atoms. The Morgan fingerprint density at radius 3 is 2.62 bits per heavy atom. The van der Waals surface area contributed by atoms with Crippen LogP contribution in [0.25, 0.3) is 6.08 Å². The van der Waals surface area contributed by atoms with Gasteiger partial charge >= 0.3 is 0 Å². The first-order valence-electron chi connectivity index (χ1n) is 3.93. The summed E-state index contributed by atoms with van der Waals surface area (Å²) in [6.45, 7) is 4.13. The first-order valence-corrected chi connectivity index (χ1v) is 4.69. The number of halogens is 2. The van der Waals surface area contributed by atoms with Crippen molar-refractivity contribution in [2.24, 2.45) is 0 Å². The van der Waals surface area contributed by atoms with Gasteiger partial charge < -0.3 is 0 Å². The molecule has 0 fully saturated rings. The molecule has 0 radical (unpaired) electrons. The molecule has 0 aliphatic heterocycles. The monoisotopic (exact) mass is 214 g/mol. The van der Waals surface area contributed by atoms with Crippen LogP contribution in [0.3, 0.4) is 0 Å². The highest BCUT2D eigenvalue weighted by Gasteiger charge is 2.29. The molecule has 1 aliphatic rings. The Bertz CT molecular complexity index is 397. The van der Waals surface area contributed by atoms with Crippen molar-refractivity contribution in [3.8, 4) is 0 Å². The predicted molar refractivity (Wildman–Crippen MR) is 54.1 cm³/mol. The Labute approximate surface area is 86.6 Å². The molecule has 2 rings (SSSR count). The molecule has 0 unspecified atom stereocenters. The van der Waals surface area contributed by atoms with Crippen molar-refractivity contribution in [2.45, 2.75) is 19.3 Å². The van der Waals surface area contributed by atoms with Crippen LogP contribution in [0.4, 0.5) is 0 Å². The second-order valence-corrected chi connectivity index (χ2v) is 4.30. The molecular formula is C9H8Cl2N2. The second-order valence-electron chi connectivity index (χ2n) is 3.60. The van der Waals surface area contributed by atoms with E-state index in [-0.39, 0.29) is 10.7 Å². The third-order valence-electron chi connectivity index (χ3n) is 2.15. The van der Waals surface area contributed by atoms with Crippen molar-refractivity contribution in [3.05, 3.63) is 27.8 Å². The van der Waals surface area contributed by atoms with Crippen LogP contribution in [0.1, 0.15) is 25.1 Å². The summed E-state index contributed by atoms with van der Waals surface area (Å²) in [5, 5.41) is 0.636. The molecular weight excluding hydrogens is 207 g/mol. The lowest BCUT2D eigenvalue weighted by molar-refractivity contribution is 0.654. The predicted octanol–water partition coefficient (Wildman–Crippen LogP) is 3.09. The van der Waals surface area contributed by atoms with E-state index < -0.39 is 0 Å². The van der Waals surface area contributed by atoms with Gasteiger partial charge in [-0.1, -0.05) is 37.6 Å². The highest BCUT2D eigenvalue weighted by Crippen LogP contribution is 2.37. The normalized spacial score (nSPS) is 17.5. The van der Waals surface area contributed by atoms with E-state index in [9.17, 15) is 0 Å². The van der Waals surface area contributed by atoms with Gasteiger partial charge in [-0.05, 0) is 11.6 Å². The molecule has 1 aromatic heterocycles. The third kappa shape index (κ3) is 1.34. The summed E-state index contributed by atoms with van der Waals surface area (Å²) in [6, 6.07) is 0. The number of rotatable bonds is 0. The molecule has 2 nitrogen and oxygen atoms in total. The molecule has 1 aliphatic carbocycles. The van der Waals surface area contributed by atoms with Gasteiger partial charge in [0.15, 0.2) is 0 Å². The molecule has 4 heteroatoms. The van der Waals surface area contributed by atoms with Crippen molar-refractivity contribution in [3.63, 3.8) is 0 Å². The largest absolute Gasteiger partial charge is 0.224 e. The smallest absolute Gasteiger partial charge is 0.221 e. The van der Waals surface area contributed by atoms with Gasteiger partial charge in [0.25, 0.3) is 0 Å². The highest BCUT2D eigenvalue weighted by molar-refractivity contribution is 6.33. The average molecular weight is 215 g/mol. The number of hydrogen-bond acceptors (Lipinski definition) is 2.